The number of hydrogen-bond donors (Lipinski definition) is 1. The standard InChI is InChI=1S/C15H23N3O/c1-4-18-11-17-9-12(18)13(19)15(10-16)7-5-14(2,3)6-8-15/h9,11,13,19H,4-8H2,1-3H3. The van der Waals surface area contributed by atoms with Crippen molar-refractivity contribution in [1.82, 2.24) is 9.55 Å². The highest BCUT2D eigenvalue weighted by Gasteiger charge is 2.45. The van der Waals surface area contributed by atoms with Gasteiger partial charge in [-0.2, -0.15) is 5.26 Å². The van der Waals surface area contributed by atoms with Crippen molar-refractivity contribution in [3.63, 3.8) is 0 Å². The quantitative estimate of drug-likeness (QED) is 0.909. The van der Waals surface area contributed by atoms with Gasteiger partial charge in [-0.15, -0.1) is 0 Å². The van der Waals surface area contributed by atoms with Gasteiger partial charge in [-0.1, -0.05) is 13.8 Å². The molecule has 0 aromatic carbocycles. The molecule has 1 fully saturated rings. The summed E-state index contributed by atoms with van der Waals surface area (Å²) >= 11 is 0. The van der Waals surface area contributed by atoms with E-state index in [4.69, 9.17) is 0 Å². The van der Waals surface area contributed by atoms with Crippen molar-refractivity contribution in [2.24, 2.45) is 10.8 Å². The lowest BCUT2D eigenvalue weighted by Gasteiger charge is -2.41. The van der Waals surface area contributed by atoms with Crippen molar-refractivity contribution in [1.29, 1.82) is 5.26 Å². The first kappa shape index (κ1) is 14.1. The molecule has 1 aromatic rings. The predicted molar refractivity (Wildman–Crippen MR) is 73.2 cm³/mol. The van der Waals surface area contributed by atoms with Crippen molar-refractivity contribution >= 4 is 0 Å². The van der Waals surface area contributed by atoms with Gasteiger partial charge in [-0.05, 0) is 38.0 Å². The lowest BCUT2D eigenvalue weighted by Crippen LogP contribution is -2.36. The van der Waals surface area contributed by atoms with Gasteiger partial charge in [0.15, 0.2) is 0 Å². The number of rotatable bonds is 3. The fourth-order valence-electron chi connectivity index (χ4n) is 2.93. The molecule has 1 aliphatic carbocycles. The lowest BCUT2D eigenvalue weighted by atomic mass is 9.63. The zero-order valence-electron chi connectivity index (χ0n) is 12.1. The van der Waals surface area contributed by atoms with E-state index < -0.39 is 11.5 Å². The Morgan fingerprint density at radius 3 is 2.58 bits per heavy atom. The van der Waals surface area contributed by atoms with Crippen LogP contribution in [-0.4, -0.2) is 14.7 Å². The molecule has 0 spiro atoms. The smallest absolute Gasteiger partial charge is 0.114 e. The summed E-state index contributed by atoms with van der Waals surface area (Å²) in [4.78, 5) is 4.10. The molecule has 0 saturated heterocycles. The van der Waals surface area contributed by atoms with E-state index in [1.165, 1.54) is 0 Å². The molecular formula is C15H23N3O. The highest BCUT2D eigenvalue weighted by molar-refractivity contribution is 5.16. The first-order chi connectivity index (χ1) is 8.94. The fourth-order valence-corrected chi connectivity index (χ4v) is 2.93. The number of aliphatic hydroxyl groups is 1. The molecule has 1 atom stereocenters. The summed E-state index contributed by atoms with van der Waals surface area (Å²) in [5.74, 6) is 0. The minimum absolute atomic E-state index is 0.283. The van der Waals surface area contributed by atoms with E-state index >= 15 is 0 Å². The van der Waals surface area contributed by atoms with E-state index in [1.54, 1.807) is 12.5 Å². The molecule has 1 N–H and O–H groups in total. The van der Waals surface area contributed by atoms with Crippen LogP contribution in [-0.2, 0) is 6.54 Å². The second-order valence-electron chi connectivity index (χ2n) is 6.44. The average molecular weight is 261 g/mol. The largest absolute Gasteiger partial charge is 0.385 e. The Bertz CT molecular complexity index is 474. The molecule has 0 amide bonds. The monoisotopic (exact) mass is 261 g/mol. The molecule has 1 aromatic heterocycles. The van der Waals surface area contributed by atoms with Gasteiger partial charge >= 0.3 is 0 Å². The Kier molecular flexibility index (Phi) is 3.69. The summed E-state index contributed by atoms with van der Waals surface area (Å²) in [7, 11) is 0. The molecule has 4 heteroatoms. The third kappa shape index (κ3) is 2.52. The zero-order valence-corrected chi connectivity index (χ0v) is 12.1. The maximum Gasteiger partial charge on any atom is 0.114 e. The normalized spacial score (nSPS) is 22.7. The minimum atomic E-state index is -0.740. The summed E-state index contributed by atoms with van der Waals surface area (Å²) in [5, 5.41) is 20.3. The number of aryl methyl sites for hydroxylation is 1. The maximum atomic E-state index is 10.7. The van der Waals surface area contributed by atoms with E-state index in [1.807, 2.05) is 11.5 Å². The third-order valence-electron chi connectivity index (χ3n) is 4.61. The summed E-state index contributed by atoms with van der Waals surface area (Å²) in [6.45, 7) is 7.24. The van der Waals surface area contributed by atoms with Crippen LogP contribution in [0.4, 0.5) is 0 Å². The van der Waals surface area contributed by atoms with Crippen molar-refractivity contribution < 1.29 is 5.11 Å². The van der Waals surface area contributed by atoms with Crippen LogP contribution in [0.1, 0.15) is 58.3 Å². The summed E-state index contributed by atoms with van der Waals surface area (Å²) < 4.78 is 1.92. The van der Waals surface area contributed by atoms with Gasteiger partial charge < -0.3 is 9.67 Å². The van der Waals surface area contributed by atoms with Gasteiger partial charge in [-0.25, -0.2) is 4.98 Å². The van der Waals surface area contributed by atoms with E-state index in [0.29, 0.717) is 0 Å². The summed E-state index contributed by atoms with van der Waals surface area (Å²) in [6, 6.07) is 2.40. The number of nitrogens with zero attached hydrogens (tertiary/aromatic N) is 3. The molecule has 4 nitrogen and oxygen atoms in total. The predicted octanol–water partition coefficient (Wildman–Crippen LogP) is 3.05. The zero-order chi connectivity index (χ0) is 14.1. The lowest BCUT2D eigenvalue weighted by molar-refractivity contribution is 0.00496. The van der Waals surface area contributed by atoms with Crippen molar-refractivity contribution in [3.8, 4) is 6.07 Å². The van der Waals surface area contributed by atoms with Crippen LogP contribution in [0, 0.1) is 22.2 Å². The van der Waals surface area contributed by atoms with Gasteiger partial charge in [0.2, 0.25) is 0 Å². The van der Waals surface area contributed by atoms with Crippen molar-refractivity contribution in [3.05, 3.63) is 18.2 Å². The summed E-state index contributed by atoms with van der Waals surface area (Å²) in [5.41, 5.74) is 0.400. The highest BCUT2D eigenvalue weighted by atomic mass is 16.3. The first-order valence-electron chi connectivity index (χ1n) is 7.03. The van der Waals surface area contributed by atoms with Crippen LogP contribution in [0.15, 0.2) is 12.5 Å². The molecule has 1 heterocycles. The molecule has 0 aliphatic heterocycles. The highest BCUT2D eigenvalue weighted by Crippen LogP contribution is 2.50. The molecule has 1 unspecified atom stereocenters. The van der Waals surface area contributed by atoms with E-state index in [-0.39, 0.29) is 5.41 Å². The topological polar surface area (TPSA) is 61.8 Å². The average Bonchev–Trinajstić information content (AvgIpc) is 2.87. The van der Waals surface area contributed by atoms with Gasteiger partial charge in [0, 0.05) is 6.54 Å². The second-order valence-corrected chi connectivity index (χ2v) is 6.44. The SMILES string of the molecule is CCn1cncc1C(O)C1(C#N)CCC(C)(C)CC1. The minimum Gasteiger partial charge on any atom is -0.385 e. The third-order valence-corrected chi connectivity index (χ3v) is 4.61. The molecule has 0 radical (unpaired) electrons. The van der Waals surface area contributed by atoms with E-state index in [0.717, 1.165) is 37.9 Å². The molecular weight excluding hydrogens is 238 g/mol. The van der Waals surface area contributed by atoms with Crippen LogP contribution in [0.25, 0.3) is 0 Å². The van der Waals surface area contributed by atoms with E-state index in [9.17, 15) is 10.4 Å². The second kappa shape index (κ2) is 4.97. The first-order valence-corrected chi connectivity index (χ1v) is 7.03. The Labute approximate surface area is 115 Å². The molecule has 19 heavy (non-hydrogen) atoms. The van der Waals surface area contributed by atoms with Crippen LogP contribution in [0.5, 0.6) is 0 Å². The Morgan fingerprint density at radius 2 is 2.05 bits per heavy atom. The van der Waals surface area contributed by atoms with Gasteiger partial charge in [-0.3, -0.25) is 0 Å². The van der Waals surface area contributed by atoms with E-state index in [2.05, 4.69) is 24.9 Å². The Hall–Kier alpha value is -1.34. The number of aliphatic hydroxyl groups excluding tert-OH is 1. The summed E-state index contributed by atoms with van der Waals surface area (Å²) in [6.07, 6.45) is 6.15. The van der Waals surface area contributed by atoms with Gasteiger partial charge in [0.1, 0.15) is 6.10 Å². The van der Waals surface area contributed by atoms with Gasteiger partial charge in [0.25, 0.3) is 0 Å². The molecule has 0 bridgehead atoms. The number of aromatic nitrogens is 2. The van der Waals surface area contributed by atoms with Crippen LogP contribution < -0.4 is 0 Å². The van der Waals surface area contributed by atoms with Crippen LogP contribution >= 0.6 is 0 Å². The fraction of sp³-hybridized carbons (Fsp3) is 0.733. The Morgan fingerprint density at radius 1 is 1.42 bits per heavy atom. The molecule has 1 aliphatic rings. The van der Waals surface area contributed by atoms with Crippen LogP contribution in [0.3, 0.4) is 0 Å². The molecule has 1 saturated carbocycles. The maximum absolute atomic E-state index is 10.7. The molecule has 104 valence electrons. The number of nitriles is 1. The molecule has 2 rings (SSSR count). The van der Waals surface area contributed by atoms with Crippen molar-refractivity contribution in [2.45, 2.75) is 59.1 Å². The number of imidazole rings is 1. The van der Waals surface area contributed by atoms with Crippen LogP contribution in [0.2, 0.25) is 0 Å². The Balaban J connectivity index is 2.26. The van der Waals surface area contributed by atoms with Crippen molar-refractivity contribution in [2.75, 3.05) is 0 Å². The number of hydrogen-bond acceptors (Lipinski definition) is 3. The van der Waals surface area contributed by atoms with Gasteiger partial charge in [0.05, 0.1) is 29.7 Å².